The normalized spacial score (nSPS) is 15.4. The van der Waals surface area contributed by atoms with Gasteiger partial charge in [0.05, 0.1) is 18.8 Å². The van der Waals surface area contributed by atoms with Gasteiger partial charge >= 0.3 is 6.18 Å². The molecule has 0 saturated carbocycles. The van der Waals surface area contributed by atoms with E-state index in [1.807, 2.05) is 0 Å². The molecule has 1 aromatic carbocycles. The number of ether oxygens (including phenoxy) is 1. The first kappa shape index (κ1) is 16.5. The number of rotatable bonds is 4. The summed E-state index contributed by atoms with van der Waals surface area (Å²) in [6.45, 7) is 3.06. The molecule has 5 nitrogen and oxygen atoms in total. The van der Waals surface area contributed by atoms with Crippen LogP contribution in [0.4, 0.5) is 24.8 Å². The number of hydrogen-bond acceptors (Lipinski definition) is 5. The summed E-state index contributed by atoms with van der Waals surface area (Å²) in [5.41, 5.74) is -0.116. The van der Waals surface area contributed by atoms with Gasteiger partial charge in [-0.2, -0.15) is 13.2 Å². The van der Waals surface area contributed by atoms with Crippen LogP contribution >= 0.6 is 0 Å². The van der Waals surface area contributed by atoms with Crippen molar-refractivity contribution in [1.82, 2.24) is 9.97 Å². The zero-order valence-corrected chi connectivity index (χ0v) is 12.9. The summed E-state index contributed by atoms with van der Waals surface area (Å²) in [7, 11) is 0. The fourth-order valence-electron chi connectivity index (χ4n) is 2.46. The molecule has 1 fully saturated rings. The number of nitrogens with one attached hydrogen (secondary N) is 1. The minimum atomic E-state index is -4.34. The minimum absolute atomic E-state index is 0.253. The highest BCUT2D eigenvalue weighted by Crippen LogP contribution is 2.29. The summed E-state index contributed by atoms with van der Waals surface area (Å²) in [6, 6.07) is 7.03. The van der Waals surface area contributed by atoms with E-state index >= 15 is 0 Å². The molecule has 2 aromatic rings. The average Bonchev–Trinajstić information content (AvgIpc) is 2.61. The lowest BCUT2D eigenvalue weighted by Gasteiger charge is -2.27. The van der Waals surface area contributed by atoms with Crippen LogP contribution in [0.2, 0.25) is 0 Å². The second-order valence-corrected chi connectivity index (χ2v) is 5.41. The van der Waals surface area contributed by atoms with E-state index in [0.29, 0.717) is 24.6 Å². The Morgan fingerprint density at radius 2 is 1.92 bits per heavy atom. The number of benzene rings is 1. The predicted molar refractivity (Wildman–Crippen MR) is 83.8 cm³/mol. The highest BCUT2D eigenvalue weighted by Gasteiger charge is 2.30. The third-order valence-corrected chi connectivity index (χ3v) is 3.72. The highest BCUT2D eigenvalue weighted by atomic mass is 19.4. The van der Waals surface area contributed by atoms with Gasteiger partial charge in [0.15, 0.2) is 0 Å². The van der Waals surface area contributed by atoms with Crippen LogP contribution in [-0.4, -0.2) is 36.3 Å². The first-order chi connectivity index (χ1) is 11.5. The number of hydrogen-bond donors (Lipinski definition) is 1. The topological polar surface area (TPSA) is 50.3 Å². The smallest absolute Gasteiger partial charge is 0.378 e. The summed E-state index contributed by atoms with van der Waals surface area (Å²) in [5, 5.41) is 3.04. The Hall–Kier alpha value is -2.35. The van der Waals surface area contributed by atoms with Crippen molar-refractivity contribution in [2.75, 3.05) is 36.5 Å². The van der Waals surface area contributed by atoms with Gasteiger partial charge in [0.25, 0.3) is 0 Å². The van der Waals surface area contributed by atoms with E-state index in [2.05, 4.69) is 20.2 Å². The lowest BCUT2D eigenvalue weighted by atomic mass is 10.1. The van der Waals surface area contributed by atoms with Crippen LogP contribution in [-0.2, 0) is 17.5 Å². The summed E-state index contributed by atoms with van der Waals surface area (Å²) in [6.07, 6.45) is -2.90. The van der Waals surface area contributed by atoms with Crippen molar-refractivity contribution < 1.29 is 17.9 Å². The Morgan fingerprint density at radius 3 is 2.67 bits per heavy atom. The van der Waals surface area contributed by atoms with Crippen molar-refractivity contribution in [3.63, 3.8) is 0 Å². The molecule has 0 unspecified atom stereocenters. The van der Waals surface area contributed by atoms with Crippen LogP contribution in [0.15, 0.2) is 36.7 Å². The van der Waals surface area contributed by atoms with Crippen LogP contribution in [0.1, 0.15) is 11.1 Å². The molecule has 128 valence electrons. The van der Waals surface area contributed by atoms with Gasteiger partial charge in [-0.15, -0.1) is 0 Å². The molecule has 0 radical (unpaired) electrons. The van der Waals surface area contributed by atoms with E-state index in [0.717, 1.165) is 31.0 Å². The maximum Gasteiger partial charge on any atom is 0.416 e. The fourth-order valence-corrected chi connectivity index (χ4v) is 2.46. The van der Waals surface area contributed by atoms with Crippen LogP contribution < -0.4 is 10.2 Å². The van der Waals surface area contributed by atoms with E-state index in [-0.39, 0.29) is 6.54 Å². The fraction of sp³-hybridized carbons (Fsp3) is 0.375. The summed E-state index contributed by atoms with van der Waals surface area (Å²) >= 11 is 0. The second-order valence-electron chi connectivity index (χ2n) is 5.41. The second kappa shape index (κ2) is 7.04. The third kappa shape index (κ3) is 4.14. The molecule has 2 heterocycles. The highest BCUT2D eigenvalue weighted by molar-refractivity contribution is 5.49. The third-order valence-electron chi connectivity index (χ3n) is 3.72. The molecule has 1 aliphatic rings. The summed E-state index contributed by atoms with van der Waals surface area (Å²) in [5.74, 6) is 1.35. The molecule has 8 heteroatoms. The Labute approximate surface area is 137 Å². The monoisotopic (exact) mass is 338 g/mol. The Balaban J connectivity index is 1.66. The molecule has 3 rings (SSSR count). The zero-order valence-electron chi connectivity index (χ0n) is 12.9. The number of alkyl halides is 3. The molecule has 0 atom stereocenters. The minimum Gasteiger partial charge on any atom is -0.378 e. The Kier molecular flexibility index (Phi) is 4.84. The van der Waals surface area contributed by atoms with Gasteiger partial charge in [0, 0.05) is 25.7 Å². The molecule has 0 spiro atoms. The molecule has 24 heavy (non-hydrogen) atoms. The lowest BCUT2D eigenvalue weighted by Crippen LogP contribution is -2.36. The van der Waals surface area contributed by atoms with Gasteiger partial charge in [-0.1, -0.05) is 12.1 Å². The zero-order chi connectivity index (χ0) is 17.0. The van der Waals surface area contributed by atoms with Crippen LogP contribution in [0, 0.1) is 0 Å². The van der Waals surface area contributed by atoms with Crippen molar-refractivity contribution in [3.8, 4) is 0 Å². The molecular formula is C16H17F3N4O. The molecule has 0 bridgehead atoms. The molecule has 1 saturated heterocycles. The molecular weight excluding hydrogens is 321 g/mol. The van der Waals surface area contributed by atoms with Crippen LogP contribution in [0.25, 0.3) is 0 Å². The van der Waals surface area contributed by atoms with Gasteiger partial charge in [0.2, 0.25) is 0 Å². The predicted octanol–water partition coefficient (Wildman–Crippen LogP) is 2.94. The van der Waals surface area contributed by atoms with E-state index < -0.39 is 11.7 Å². The molecule has 1 aromatic heterocycles. The van der Waals surface area contributed by atoms with Crippen molar-refractivity contribution >= 4 is 11.6 Å². The van der Waals surface area contributed by atoms with E-state index in [1.54, 1.807) is 12.1 Å². The van der Waals surface area contributed by atoms with Crippen molar-refractivity contribution in [3.05, 3.63) is 47.8 Å². The molecule has 1 N–H and O–H groups in total. The largest absolute Gasteiger partial charge is 0.416 e. The average molecular weight is 338 g/mol. The van der Waals surface area contributed by atoms with E-state index in [9.17, 15) is 13.2 Å². The maximum atomic E-state index is 12.7. The van der Waals surface area contributed by atoms with Gasteiger partial charge < -0.3 is 15.0 Å². The van der Waals surface area contributed by atoms with Gasteiger partial charge in [-0.05, 0) is 17.7 Å². The quantitative estimate of drug-likeness (QED) is 0.929. The number of anilines is 2. The first-order valence-electron chi connectivity index (χ1n) is 7.57. The first-order valence-corrected chi connectivity index (χ1v) is 7.57. The number of morpholine rings is 1. The van der Waals surface area contributed by atoms with E-state index in [1.165, 1.54) is 12.4 Å². The standard InChI is InChI=1S/C16H17F3N4O/c17-16(18,19)13-3-1-2-12(8-13)10-20-14-9-15(22-11-21-14)23-4-6-24-7-5-23/h1-3,8-9,11H,4-7,10H2,(H,20,21,22). The van der Waals surface area contributed by atoms with Gasteiger partial charge in [-0.3, -0.25) is 0 Å². The van der Waals surface area contributed by atoms with E-state index in [4.69, 9.17) is 4.74 Å². The molecule has 1 aliphatic heterocycles. The Morgan fingerprint density at radius 1 is 1.12 bits per heavy atom. The molecule has 0 amide bonds. The number of halogens is 3. The molecule has 0 aliphatic carbocycles. The van der Waals surface area contributed by atoms with Crippen LogP contribution in [0.3, 0.4) is 0 Å². The number of aromatic nitrogens is 2. The Bertz CT molecular complexity index is 687. The van der Waals surface area contributed by atoms with Gasteiger partial charge in [-0.25, -0.2) is 9.97 Å². The van der Waals surface area contributed by atoms with Crippen molar-refractivity contribution in [1.29, 1.82) is 0 Å². The van der Waals surface area contributed by atoms with Crippen LogP contribution in [0.5, 0.6) is 0 Å². The lowest BCUT2D eigenvalue weighted by molar-refractivity contribution is -0.137. The number of nitrogens with zero attached hydrogens (tertiary/aromatic N) is 3. The summed E-state index contributed by atoms with van der Waals surface area (Å²) < 4.78 is 43.5. The maximum absolute atomic E-state index is 12.7. The van der Waals surface area contributed by atoms with Crippen molar-refractivity contribution in [2.24, 2.45) is 0 Å². The van der Waals surface area contributed by atoms with Crippen molar-refractivity contribution in [2.45, 2.75) is 12.7 Å². The van der Waals surface area contributed by atoms with Gasteiger partial charge in [0.1, 0.15) is 18.0 Å². The summed E-state index contributed by atoms with van der Waals surface area (Å²) in [4.78, 5) is 10.4. The SMILES string of the molecule is FC(F)(F)c1cccc(CNc2cc(N3CCOCC3)ncn2)c1.